The van der Waals surface area contributed by atoms with Gasteiger partial charge in [-0.1, -0.05) is 176 Å². The highest BCUT2D eigenvalue weighted by molar-refractivity contribution is 6.22. The molecule has 320 valence electrons. The maximum absolute atomic E-state index is 2.52. The molecule has 12 aromatic rings. The van der Waals surface area contributed by atoms with E-state index in [2.05, 4.69) is 265 Å². The van der Waals surface area contributed by atoms with Crippen LogP contribution in [-0.4, -0.2) is 0 Å². The van der Waals surface area contributed by atoms with Crippen LogP contribution in [0.3, 0.4) is 0 Å². The second-order valence-electron chi connectivity index (χ2n) is 18.0. The van der Waals surface area contributed by atoms with Crippen molar-refractivity contribution in [2.24, 2.45) is 0 Å². The number of nitrogens with zero attached hydrogens (tertiary/aromatic N) is 2. The van der Waals surface area contributed by atoms with Crippen LogP contribution in [-0.2, 0) is 6.42 Å². The molecule has 0 radical (unpaired) electrons. The second-order valence-corrected chi connectivity index (χ2v) is 18.0. The van der Waals surface area contributed by atoms with Gasteiger partial charge < -0.3 is 9.80 Å². The lowest BCUT2D eigenvalue weighted by Crippen LogP contribution is -2.10. The first-order valence-electron chi connectivity index (χ1n) is 23.7. The summed E-state index contributed by atoms with van der Waals surface area (Å²) in [6, 6.07) is 91.4. The largest absolute Gasteiger partial charge is 0.310 e. The van der Waals surface area contributed by atoms with Crippen LogP contribution in [0, 0.1) is 0 Å². The van der Waals surface area contributed by atoms with Gasteiger partial charge in [-0.15, -0.1) is 0 Å². The molecule has 2 heteroatoms. The molecule has 2 nitrogen and oxygen atoms in total. The van der Waals surface area contributed by atoms with Crippen molar-refractivity contribution in [2.45, 2.75) is 12.8 Å². The van der Waals surface area contributed by atoms with Crippen LogP contribution in [0.1, 0.15) is 23.1 Å². The smallest absolute Gasteiger partial charge is 0.0468 e. The van der Waals surface area contributed by atoms with E-state index in [0.29, 0.717) is 0 Å². The Kier molecular flexibility index (Phi) is 9.68. The SMILES string of the molecule is C1=C(c2c3cc(N(c4ccccc4)c4ccccc4)ccc3c(-c3ccc4ccc5ccccc5c4c3)c3cc(N(c4ccccc4)c4ccccc4)ccc23)CCc2ccc3ccccc3c21. The van der Waals surface area contributed by atoms with Crippen molar-refractivity contribution in [3.8, 4) is 11.1 Å². The molecule has 13 rings (SSSR count). The zero-order valence-electron chi connectivity index (χ0n) is 37.6. The summed E-state index contributed by atoms with van der Waals surface area (Å²) in [5.41, 5.74) is 14.5. The molecule has 0 saturated carbocycles. The van der Waals surface area contributed by atoms with E-state index in [0.717, 1.165) is 47.0 Å². The van der Waals surface area contributed by atoms with Crippen LogP contribution in [0.2, 0.25) is 0 Å². The van der Waals surface area contributed by atoms with E-state index >= 15 is 0 Å². The van der Waals surface area contributed by atoms with Crippen LogP contribution in [0.5, 0.6) is 0 Å². The molecule has 0 aliphatic heterocycles. The third-order valence-corrected chi connectivity index (χ3v) is 14.1. The van der Waals surface area contributed by atoms with Crippen LogP contribution in [0.25, 0.3) is 76.6 Å². The molecule has 68 heavy (non-hydrogen) atoms. The highest BCUT2D eigenvalue weighted by atomic mass is 15.1. The highest BCUT2D eigenvalue weighted by Crippen LogP contribution is 2.49. The van der Waals surface area contributed by atoms with Crippen molar-refractivity contribution in [3.63, 3.8) is 0 Å². The van der Waals surface area contributed by atoms with Crippen LogP contribution >= 0.6 is 0 Å². The molecule has 0 N–H and O–H groups in total. The Bertz CT molecular complexity index is 3820. The van der Waals surface area contributed by atoms with Crippen molar-refractivity contribution < 1.29 is 0 Å². The topological polar surface area (TPSA) is 6.48 Å². The van der Waals surface area contributed by atoms with Crippen molar-refractivity contribution in [3.05, 3.63) is 265 Å². The molecule has 1 aliphatic rings. The van der Waals surface area contributed by atoms with Crippen molar-refractivity contribution >= 4 is 99.6 Å². The number of hydrogen-bond donors (Lipinski definition) is 0. The number of fused-ring (bicyclic) bond motifs is 8. The molecule has 1 aliphatic carbocycles. The number of aryl methyl sites for hydroxylation is 1. The summed E-state index contributed by atoms with van der Waals surface area (Å²) < 4.78 is 0. The predicted molar refractivity (Wildman–Crippen MR) is 291 cm³/mol. The van der Waals surface area contributed by atoms with E-state index in [1.54, 1.807) is 0 Å². The fourth-order valence-corrected chi connectivity index (χ4v) is 10.9. The quantitative estimate of drug-likeness (QED) is 0.111. The molecule has 0 saturated heterocycles. The van der Waals surface area contributed by atoms with E-state index < -0.39 is 0 Å². The second kappa shape index (κ2) is 16.6. The van der Waals surface area contributed by atoms with Crippen LogP contribution < -0.4 is 9.80 Å². The van der Waals surface area contributed by atoms with E-state index in [-0.39, 0.29) is 0 Å². The van der Waals surface area contributed by atoms with Gasteiger partial charge in [0.05, 0.1) is 0 Å². The molecule has 0 amide bonds. The molecular weight excluding hydrogens is 821 g/mol. The standard InChI is InChI=1S/C66H46N2/c1-5-19-51(20-6-1)67(52-21-7-2-8-22-52)55-37-39-59-63(43-55)65(49-35-33-47-31-29-45-17-13-15-27-57(45)61(47)41-49)60-40-38-56(68(53-23-9-3-10-24-53)54-25-11-4-12-26-54)44-64(60)66(59)50-36-34-48-32-30-46-18-14-16-28-58(46)62(48)42-50/h1-33,35,37-44H,34,36H2. The molecule has 0 fully saturated rings. The Hall–Kier alpha value is -8.72. The summed E-state index contributed by atoms with van der Waals surface area (Å²) in [5.74, 6) is 0. The monoisotopic (exact) mass is 866 g/mol. The number of rotatable bonds is 8. The fraction of sp³-hybridized carbons (Fsp3) is 0.0303. The van der Waals surface area contributed by atoms with Crippen molar-refractivity contribution in [1.82, 2.24) is 0 Å². The molecule has 0 spiro atoms. The summed E-state index contributed by atoms with van der Waals surface area (Å²) >= 11 is 0. The van der Waals surface area contributed by atoms with E-state index in [1.165, 1.54) is 87.3 Å². The first-order valence-corrected chi connectivity index (χ1v) is 23.7. The first-order chi connectivity index (χ1) is 33.7. The number of anilines is 6. The highest BCUT2D eigenvalue weighted by Gasteiger charge is 2.25. The van der Waals surface area contributed by atoms with Gasteiger partial charge in [-0.2, -0.15) is 0 Å². The van der Waals surface area contributed by atoms with Gasteiger partial charge in [0.15, 0.2) is 0 Å². The van der Waals surface area contributed by atoms with Crippen LogP contribution in [0.4, 0.5) is 34.1 Å². The van der Waals surface area contributed by atoms with Gasteiger partial charge in [-0.25, -0.2) is 0 Å². The maximum Gasteiger partial charge on any atom is 0.0468 e. The third-order valence-electron chi connectivity index (χ3n) is 14.1. The Morgan fingerprint density at radius 3 is 1.28 bits per heavy atom. The molecule has 0 bridgehead atoms. The van der Waals surface area contributed by atoms with Gasteiger partial charge in [0, 0.05) is 34.1 Å². The molecule has 0 atom stereocenters. The summed E-state index contributed by atoms with van der Waals surface area (Å²) in [4.78, 5) is 4.79. The Morgan fingerprint density at radius 2 is 0.706 bits per heavy atom. The van der Waals surface area contributed by atoms with Crippen molar-refractivity contribution in [2.75, 3.05) is 9.80 Å². The van der Waals surface area contributed by atoms with Gasteiger partial charge in [0.1, 0.15) is 0 Å². The maximum atomic E-state index is 2.52. The molecule has 0 aromatic heterocycles. The average molecular weight is 867 g/mol. The normalized spacial score (nSPS) is 12.4. The number of hydrogen-bond acceptors (Lipinski definition) is 2. The lowest BCUT2D eigenvalue weighted by Gasteiger charge is -2.29. The van der Waals surface area contributed by atoms with Gasteiger partial charge >= 0.3 is 0 Å². The third kappa shape index (κ3) is 6.81. The fourth-order valence-electron chi connectivity index (χ4n) is 10.9. The Labute approximate surface area is 396 Å². The van der Waals surface area contributed by atoms with Crippen molar-refractivity contribution in [1.29, 1.82) is 0 Å². The zero-order valence-corrected chi connectivity index (χ0v) is 37.6. The number of para-hydroxylation sites is 4. The van der Waals surface area contributed by atoms with Gasteiger partial charge in [-0.3, -0.25) is 0 Å². The molecular formula is C66H46N2. The zero-order chi connectivity index (χ0) is 45.0. The van der Waals surface area contributed by atoms with E-state index in [9.17, 15) is 0 Å². The summed E-state index contributed by atoms with van der Waals surface area (Å²) in [7, 11) is 0. The number of allylic oxidation sites excluding steroid dienone is 1. The molecule has 0 heterocycles. The lowest BCUT2D eigenvalue weighted by atomic mass is 9.80. The first kappa shape index (κ1) is 39.6. The average Bonchev–Trinajstić information content (AvgIpc) is 3.41. The Morgan fingerprint density at radius 1 is 0.265 bits per heavy atom. The Balaban J connectivity index is 1.16. The van der Waals surface area contributed by atoms with E-state index in [4.69, 9.17) is 0 Å². The van der Waals surface area contributed by atoms with Gasteiger partial charge in [0.25, 0.3) is 0 Å². The van der Waals surface area contributed by atoms with E-state index in [1.807, 2.05) is 0 Å². The predicted octanol–water partition coefficient (Wildman–Crippen LogP) is 18.5. The summed E-state index contributed by atoms with van der Waals surface area (Å²) in [5, 5.41) is 12.5. The minimum absolute atomic E-state index is 0.935. The summed E-state index contributed by atoms with van der Waals surface area (Å²) in [6.07, 6.45) is 4.43. The molecule has 0 unspecified atom stereocenters. The van der Waals surface area contributed by atoms with Gasteiger partial charge in [-0.05, 0) is 179 Å². The minimum Gasteiger partial charge on any atom is -0.310 e. The molecule has 12 aromatic carbocycles. The van der Waals surface area contributed by atoms with Crippen LogP contribution in [0.15, 0.2) is 249 Å². The minimum atomic E-state index is 0.935. The van der Waals surface area contributed by atoms with Gasteiger partial charge in [0.2, 0.25) is 0 Å². The summed E-state index contributed by atoms with van der Waals surface area (Å²) in [6.45, 7) is 0. The number of benzene rings is 12. The lowest BCUT2D eigenvalue weighted by molar-refractivity contribution is 1.01.